The van der Waals surface area contributed by atoms with Crippen LogP contribution in [0.25, 0.3) is 6.08 Å². The Morgan fingerprint density at radius 3 is 2.91 bits per heavy atom. The van der Waals surface area contributed by atoms with Crippen LogP contribution in [0.15, 0.2) is 41.3 Å². The zero-order valence-corrected chi connectivity index (χ0v) is 13.5. The first kappa shape index (κ1) is 15.2. The minimum absolute atomic E-state index is 0.140. The number of H-pyrrole nitrogens is 1. The maximum absolute atomic E-state index is 11.8. The summed E-state index contributed by atoms with van der Waals surface area (Å²) in [5.41, 5.74) is 2.24. The van der Waals surface area contributed by atoms with E-state index in [4.69, 9.17) is 9.47 Å². The number of pyridine rings is 1. The second kappa shape index (κ2) is 5.83. The van der Waals surface area contributed by atoms with Gasteiger partial charge >= 0.3 is 0 Å². The van der Waals surface area contributed by atoms with E-state index in [1.807, 2.05) is 38.1 Å². The van der Waals surface area contributed by atoms with Gasteiger partial charge in [-0.25, -0.2) is 0 Å². The average molecular weight is 312 g/mol. The van der Waals surface area contributed by atoms with E-state index in [0.717, 1.165) is 22.7 Å². The van der Waals surface area contributed by atoms with Gasteiger partial charge in [0.05, 0.1) is 19.3 Å². The fraction of sp³-hybridized carbons (Fsp3) is 0.278. The highest BCUT2D eigenvalue weighted by atomic mass is 16.5. The monoisotopic (exact) mass is 312 g/mol. The van der Waals surface area contributed by atoms with Gasteiger partial charge in [0.1, 0.15) is 5.60 Å². The van der Waals surface area contributed by atoms with E-state index >= 15 is 0 Å². The number of rotatable bonds is 4. The van der Waals surface area contributed by atoms with Gasteiger partial charge in [0.2, 0.25) is 5.43 Å². The molecule has 5 nitrogen and oxygen atoms in total. The van der Waals surface area contributed by atoms with Crippen LogP contribution in [-0.4, -0.2) is 17.7 Å². The number of fused-ring (bicyclic) bond motifs is 1. The first-order chi connectivity index (χ1) is 11.0. The molecule has 1 aromatic carbocycles. The molecule has 1 aromatic heterocycles. The van der Waals surface area contributed by atoms with Crippen molar-refractivity contribution in [2.45, 2.75) is 26.0 Å². The van der Waals surface area contributed by atoms with E-state index in [1.165, 1.54) is 13.2 Å². The number of aromatic nitrogens is 1. The SMILES string of the molecule is COc1c[nH]c(CNc2cccc3c2OC(C)(C)C=C3)cc1=O. The summed E-state index contributed by atoms with van der Waals surface area (Å²) in [4.78, 5) is 14.8. The van der Waals surface area contributed by atoms with Crippen LogP contribution in [0, 0.1) is 0 Å². The highest BCUT2D eigenvalue weighted by molar-refractivity contribution is 5.71. The molecule has 0 amide bonds. The van der Waals surface area contributed by atoms with Gasteiger partial charge in [0.15, 0.2) is 11.5 Å². The van der Waals surface area contributed by atoms with E-state index in [0.29, 0.717) is 12.3 Å². The summed E-state index contributed by atoms with van der Waals surface area (Å²) in [6.45, 7) is 4.53. The molecule has 2 heterocycles. The Hall–Kier alpha value is -2.69. The summed E-state index contributed by atoms with van der Waals surface area (Å²) in [7, 11) is 1.48. The molecule has 0 atom stereocenters. The van der Waals surface area contributed by atoms with Crippen molar-refractivity contribution in [2.75, 3.05) is 12.4 Å². The molecule has 0 aliphatic carbocycles. The van der Waals surface area contributed by atoms with Crippen molar-refractivity contribution < 1.29 is 9.47 Å². The summed E-state index contributed by atoms with van der Waals surface area (Å²) in [6.07, 6.45) is 5.68. The summed E-state index contributed by atoms with van der Waals surface area (Å²) in [5, 5.41) is 3.32. The number of para-hydroxylation sites is 1. The van der Waals surface area contributed by atoms with Crippen LogP contribution in [0.3, 0.4) is 0 Å². The number of methoxy groups -OCH3 is 1. The number of anilines is 1. The molecular weight excluding hydrogens is 292 g/mol. The molecule has 5 heteroatoms. The molecule has 2 N–H and O–H groups in total. The van der Waals surface area contributed by atoms with Crippen LogP contribution in [-0.2, 0) is 6.54 Å². The van der Waals surface area contributed by atoms with Crippen LogP contribution < -0.4 is 20.2 Å². The Bertz CT molecular complexity index is 806. The molecule has 1 aliphatic rings. The van der Waals surface area contributed by atoms with Crippen molar-refractivity contribution in [3.05, 3.63) is 58.0 Å². The third kappa shape index (κ3) is 3.23. The van der Waals surface area contributed by atoms with Crippen molar-refractivity contribution in [1.82, 2.24) is 4.98 Å². The molecule has 0 radical (unpaired) electrons. The van der Waals surface area contributed by atoms with Crippen molar-refractivity contribution >= 4 is 11.8 Å². The van der Waals surface area contributed by atoms with Crippen LogP contribution in [0.5, 0.6) is 11.5 Å². The fourth-order valence-electron chi connectivity index (χ4n) is 2.48. The summed E-state index contributed by atoms with van der Waals surface area (Å²) in [6, 6.07) is 7.49. The molecule has 0 fully saturated rings. The van der Waals surface area contributed by atoms with Gasteiger partial charge < -0.3 is 19.8 Å². The number of benzene rings is 1. The number of hydrogen-bond donors (Lipinski definition) is 2. The smallest absolute Gasteiger partial charge is 0.223 e. The predicted molar refractivity (Wildman–Crippen MR) is 91.1 cm³/mol. The second-order valence-corrected chi connectivity index (χ2v) is 6.01. The highest BCUT2D eigenvalue weighted by Gasteiger charge is 2.23. The normalized spacial score (nSPS) is 14.7. The lowest BCUT2D eigenvalue weighted by atomic mass is 10.0. The van der Waals surface area contributed by atoms with Crippen LogP contribution in [0.1, 0.15) is 25.1 Å². The first-order valence-electron chi connectivity index (χ1n) is 7.49. The van der Waals surface area contributed by atoms with Gasteiger partial charge in [-0.15, -0.1) is 0 Å². The molecular formula is C18H20N2O3. The quantitative estimate of drug-likeness (QED) is 0.910. The zero-order valence-electron chi connectivity index (χ0n) is 13.5. The standard InChI is InChI=1S/C18H20N2O3/c1-18(2)8-7-12-5-4-6-14(17(12)23-18)20-10-13-9-15(21)16(22-3)11-19-13/h4-9,11,20H,10H2,1-3H3,(H,19,21). The summed E-state index contributed by atoms with van der Waals surface area (Å²) < 4.78 is 11.0. The Balaban J connectivity index is 1.81. The van der Waals surface area contributed by atoms with E-state index in [2.05, 4.69) is 16.4 Å². The lowest BCUT2D eigenvalue weighted by molar-refractivity contribution is 0.160. The van der Waals surface area contributed by atoms with Gasteiger partial charge in [-0.1, -0.05) is 18.2 Å². The van der Waals surface area contributed by atoms with E-state index in [1.54, 1.807) is 6.20 Å². The van der Waals surface area contributed by atoms with Gasteiger partial charge in [-0.05, 0) is 26.0 Å². The van der Waals surface area contributed by atoms with E-state index < -0.39 is 0 Å². The highest BCUT2D eigenvalue weighted by Crippen LogP contribution is 2.37. The first-order valence-corrected chi connectivity index (χ1v) is 7.49. The van der Waals surface area contributed by atoms with Gasteiger partial charge in [0, 0.05) is 23.5 Å². The maximum atomic E-state index is 11.8. The molecule has 120 valence electrons. The maximum Gasteiger partial charge on any atom is 0.223 e. The number of aromatic amines is 1. The largest absolute Gasteiger partial charge is 0.491 e. The van der Waals surface area contributed by atoms with Gasteiger partial charge in [-0.3, -0.25) is 4.79 Å². The van der Waals surface area contributed by atoms with Crippen LogP contribution >= 0.6 is 0 Å². The Morgan fingerprint density at radius 2 is 2.17 bits per heavy atom. The Labute approximate surface area is 135 Å². The van der Waals surface area contributed by atoms with Crippen molar-refractivity contribution in [3.63, 3.8) is 0 Å². The van der Waals surface area contributed by atoms with Crippen molar-refractivity contribution in [3.8, 4) is 11.5 Å². The molecule has 0 saturated heterocycles. The zero-order chi connectivity index (χ0) is 16.4. The van der Waals surface area contributed by atoms with Gasteiger partial charge in [-0.2, -0.15) is 0 Å². The molecule has 0 saturated carbocycles. The molecule has 0 spiro atoms. The summed E-state index contributed by atoms with van der Waals surface area (Å²) in [5.74, 6) is 1.14. The molecule has 2 aromatic rings. The number of ether oxygens (including phenoxy) is 2. The van der Waals surface area contributed by atoms with E-state index in [9.17, 15) is 4.79 Å². The predicted octanol–water partition coefficient (Wildman–Crippen LogP) is 3.18. The number of nitrogens with one attached hydrogen (secondary N) is 2. The lowest BCUT2D eigenvalue weighted by Crippen LogP contribution is -2.28. The third-order valence-electron chi connectivity index (χ3n) is 3.70. The van der Waals surface area contributed by atoms with Crippen molar-refractivity contribution in [2.24, 2.45) is 0 Å². The van der Waals surface area contributed by atoms with Crippen molar-refractivity contribution in [1.29, 1.82) is 0 Å². The lowest BCUT2D eigenvalue weighted by Gasteiger charge is -2.29. The van der Waals surface area contributed by atoms with E-state index in [-0.39, 0.29) is 11.0 Å². The third-order valence-corrected chi connectivity index (χ3v) is 3.70. The molecule has 23 heavy (non-hydrogen) atoms. The van der Waals surface area contributed by atoms with Crippen LogP contribution in [0.2, 0.25) is 0 Å². The second-order valence-electron chi connectivity index (χ2n) is 6.01. The molecule has 0 unspecified atom stereocenters. The Kier molecular flexibility index (Phi) is 3.86. The van der Waals surface area contributed by atoms with Gasteiger partial charge in [0.25, 0.3) is 0 Å². The van der Waals surface area contributed by atoms with Crippen LogP contribution in [0.4, 0.5) is 5.69 Å². The Morgan fingerprint density at radius 1 is 1.35 bits per heavy atom. The number of hydrogen-bond acceptors (Lipinski definition) is 4. The average Bonchev–Trinajstić information content (AvgIpc) is 2.52. The molecule has 3 rings (SSSR count). The molecule has 0 bridgehead atoms. The summed E-state index contributed by atoms with van der Waals surface area (Å²) >= 11 is 0. The minimum atomic E-state index is -0.334. The fourth-order valence-corrected chi connectivity index (χ4v) is 2.48. The topological polar surface area (TPSA) is 63.4 Å². The minimum Gasteiger partial charge on any atom is -0.491 e. The molecule has 1 aliphatic heterocycles.